The molecular weight excluding hydrogens is 362 g/mol. The van der Waals surface area contributed by atoms with Gasteiger partial charge in [-0.1, -0.05) is 6.07 Å². The molecule has 0 saturated carbocycles. The average molecular weight is 383 g/mol. The number of carbonyl (C=O) groups is 3. The second kappa shape index (κ2) is 8.56. The van der Waals surface area contributed by atoms with Crippen molar-refractivity contribution in [1.29, 1.82) is 0 Å². The van der Waals surface area contributed by atoms with E-state index in [4.69, 9.17) is 14.2 Å². The standard InChI is InChI=1S/C21H21NO6/c1-26-16-8-9-19(27-2)17(12-16)18(23)13-28-21(25)14-5-3-6-15(11-14)22-10-4-7-20(22)24/h3,5-6,8-9,11-12H,4,7,10,13H2,1-2H3. The van der Waals surface area contributed by atoms with E-state index in [1.165, 1.54) is 20.3 Å². The molecule has 1 saturated heterocycles. The Kier molecular flexibility index (Phi) is 5.93. The Morgan fingerprint density at radius 2 is 1.89 bits per heavy atom. The lowest BCUT2D eigenvalue weighted by Gasteiger charge is -2.16. The van der Waals surface area contributed by atoms with Crippen LogP contribution in [0.2, 0.25) is 0 Å². The van der Waals surface area contributed by atoms with Gasteiger partial charge in [0.1, 0.15) is 11.5 Å². The van der Waals surface area contributed by atoms with Gasteiger partial charge in [-0.25, -0.2) is 4.79 Å². The summed E-state index contributed by atoms with van der Waals surface area (Å²) in [6.07, 6.45) is 1.30. The summed E-state index contributed by atoms with van der Waals surface area (Å²) < 4.78 is 15.5. The van der Waals surface area contributed by atoms with Gasteiger partial charge in [0.15, 0.2) is 6.61 Å². The molecule has 0 atom stereocenters. The quantitative estimate of drug-likeness (QED) is 0.540. The van der Waals surface area contributed by atoms with E-state index in [0.717, 1.165) is 6.42 Å². The Morgan fingerprint density at radius 3 is 2.57 bits per heavy atom. The monoisotopic (exact) mass is 383 g/mol. The molecular formula is C21H21NO6. The highest BCUT2D eigenvalue weighted by atomic mass is 16.5. The highest BCUT2D eigenvalue weighted by Gasteiger charge is 2.23. The van der Waals surface area contributed by atoms with Crippen molar-refractivity contribution in [1.82, 2.24) is 0 Å². The maximum atomic E-state index is 12.5. The number of anilines is 1. The van der Waals surface area contributed by atoms with E-state index < -0.39 is 18.4 Å². The SMILES string of the molecule is COc1ccc(OC)c(C(=O)COC(=O)c2cccc(N3CCCC3=O)c2)c1. The van der Waals surface area contributed by atoms with Crippen LogP contribution in [0.3, 0.4) is 0 Å². The maximum absolute atomic E-state index is 12.5. The van der Waals surface area contributed by atoms with E-state index in [-0.39, 0.29) is 17.0 Å². The first-order chi connectivity index (χ1) is 13.5. The molecule has 1 amide bonds. The van der Waals surface area contributed by atoms with Crippen molar-refractivity contribution in [3.63, 3.8) is 0 Å². The normalized spacial score (nSPS) is 13.4. The molecule has 3 rings (SSSR count). The lowest BCUT2D eigenvalue weighted by molar-refractivity contribution is -0.117. The molecule has 0 N–H and O–H groups in total. The Balaban J connectivity index is 1.69. The van der Waals surface area contributed by atoms with Gasteiger partial charge >= 0.3 is 5.97 Å². The topological polar surface area (TPSA) is 82.1 Å². The molecule has 1 aliphatic rings. The molecule has 28 heavy (non-hydrogen) atoms. The van der Waals surface area contributed by atoms with Crippen molar-refractivity contribution in [2.24, 2.45) is 0 Å². The molecule has 2 aromatic carbocycles. The van der Waals surface area contributed by atoms with Crippen molar-refractivity contribution in [3.8, 4) is 11.5 Å². The minimum atomic E-state index is -0.635. The highest BCUT2D eigenvalue weighted by Crippen LogP contribution is 2.25. The third-order valence-corrected chi connectivity index (χ3v) is 4.51. The molecule has 1 aliphatic heterocycles. The van der Waals surface area contributed by atoms with E-state index in [0.29, 0.717) is 30.2 Å². The van der Waals surface area contributed by atoms with Crippen LogP contribution in [0, 0.1) is 0 Å². The van der Waals surface area contributed by atoms with Crippen LogP contribution in [-0.2, 0) is 9.53 Å². The van der Waals surface area contributed by atoms with Crippen LogP contribution in [-0.4, -0.2) is 45.0 Å². The van der Waals surface area contributed by atoms with Crippen LogP contribution < -0.4 is 14.4 Å². The zero-order chi connectivity index (χ0) is 20.1. The second-order valence-corrected chi connectivity index (χ2v) is 6.26. The Labute approximate surface area is 162 Å². The molecule has 7 nitrogen and oxygen atoms in total. The summed E-state index contributed by atoms with van der Waals surface area (Å²) in [6.45, 7) is 0.195. The van der Waals surface area contributed by atoms with Crippen LogP contribution in [0.5, 0.6) is 11.5 Å². The first-order valence-electron chi connectivity index (χ1n) is 8.86. The fraction of sp³-hybridized carbons (Fsp3) is 0.286. The lowest BCUT2D eigenvalue weighted by atomic mass is 10.1. The van der Waals surface area contributed by atoms with Crippen LogP contribution in [0.4, 0.5) is 5.69 Å². The fourth-order valence-electron chi connectivity index (χ4n) is 3.05. The molecule has 1 fully saturated rings. The molecule has 2 aromatic rings. The number of Topliss-reactive ketones (excluding diaryl/α,β-unsaturated/α-hetero) is 1. The smallest absolute Gasteiger partial charge is 0.338 e. The van der Waals surface area contributed by atoms with E-state index in [1.54, 1.807) is 41.3 Å². The van der Waals surface area contributed by atoms with E-state index in [9.17, 15) is 14.4 Å². The Hall–Kier alpha value is -3.35. The van der Waals surface area contributed by atoms with Gasteiger partial charge in [-0.2, -0.15) is 0 Å². The molecule has 0 radical (unpaired) electrons. The van der Waals surface area contributed by atoms with Gasteiger partial charge in [0.05, 0.1) is 25.3 Å². The third-order valence-electron chi connectivity index (χ3n) is 4.51. The van der Waals surface area contributed by atoms with E-state index in [1.807, 2.05) is 0 Å². The molecule has 0 aliphatic carbocycles. The third kappa shape index (κ3) is 4.14. The molecule has 7 heteroatoms. The molecule has 0 spiro atoms. The summed E-state index contributed by atoms with van der Waals surface area (Å²) in [5.41, 5.74) is 1.20. The first kappa shape index (κ1) is 19.4. The van der Waals surface area contributed by atoms with E-state index >= 15 is 0 Å². The summed E-state index contributed by atoms with van der Waals surface area (Å²) in [5.74, 6) is -0.139. The summed E-state index contributed by atoms with van der Waals surface area (Å²) in [4.78, 5) is 38.4. The number of ether oxygens (including phenoxy) is 3. The van der Waals surface area contributed by atoms with Crippen LogP contribution in [0.25, 0.3) is 0 Å². The summed E-state index contributed by atoms with van der Waals surface area (Å²) >= 11 is 0. The lowest BCUT2D eigenvalue weighted by Crippen LogP contribution is -2.24. The van der Waals surface area contributed by atoms with Gasteiger partial charge in [0.2, 0.25) is 11.7 Å². The number of esters is 1. The average Bonchev–Trinajstić information content (AvgIpc) is 3.17. The predicted molar refractivity (Wildman–Crippen MR) is 102 cm³/mol. The number of ketones is 1. The number of hydrogen-bond donors (Lipinski definition) is 0. The summed E-state index contributed by atoms with van der Waals surface area (Å²) in [5, 5.41) is 0. The van der Waals surface area contributed by atoms with Gasteiger partial charge < -0.3 is 19.1 Å². The Morgan fingerprint density at radius 1 is 1.07 bits per heavy atom. The number of amides is 1. The minimum Gasteiger partial charge on any atom is -0.497 e. The zero-order valence-corrected chi connectivity index (χ0v) is 15.8. The number of benzene rings is 2. The molecule has 146 valence electrons. The summed E-state index contributed by atoms with van der Waals surface area (Å²) in [6, 6.07) is 11.5. The number of carbonyl (C=O) groups excluding carboxylic acids is 3. The largest absolute Gasteiger partial charge is 0.497 e. The van der Waals surface area contributed by atoms with Crippen LogP contribution in [0.1, 0.15) is 33.6 Å². The van der Waals surface area contributed by atoms with Crippen molar-refractivity contribution in [3.05, 3.63) is 53.6 Å². The van der Waals surface area contributed by atoms with E-state index in [2.05, 4.69) is 0 Å². The van der Waals surface area contributed by atoms with Crippen LogP contribution in [0.15, 0.2) is 42.5 Å². The number of methoxy groups -OCH3 is 2. The first-order valence-corrected chi connectivity index (χ1v) is 8.86. The number of nitrogens with zero attached hydrogens (tertiary/aromatic N) is 1. The molecule has 0 unspecified atom stereocenters. The zero-order valence-electron chi connectivity index (χ0n) is 15.8. The fourth-order valence-corrected chi connectivity index (χ4v) is 3.05. The second-order valence-electron chi connectivity index (χ2n) is 6.26. The summed E-state index contributed by atoms with van der Waals surface area (Å²) in [7, 11) is 2.95. The number of hydrogen-bond acceptors (Lipinski definition) is 6. The predicted octanol–water partition coefficient (Wildman–Crippen LogP) is 2.87. The van der Waals surface area contributed by atoms with Crippen molar-refractivity contribution >= 4 is 23.3 Å². The van der Waals surface area contributed by atoms with Gasteiger partial charge in [-0.15, -0.1) is 0 Å². The molecule has 0 bridgehead atoms. The van der Waals surface area contributed by atoms with Gasteiger partial charge in [0.25, 0.3) is 0 Å². The van der Waals surface area contributed by atoms with Gasteiger partial charge in [-0.3, -0.25) is 9.59 Å². The minimum absolute atomic E-state index is 0.0332. The molecule has 1 heterocycles. The molecule has 0 aromatic heterocycles. The van der Waals surface area contributed by atoms with Gasteiger partial charge in [-0.05, 0) is 42.8 Å². The number of rotatable bonds is 7. The highest BCUT2D eigenvalue weighted by molar-refractivity contribution is 6.02. The van der Waals surface area contributed by atoms with Crippen molar-refractivity contribution in [2.45, 2.75) is 12.8 Å². The maximum Gasteiger partial charge on any atom is 0.338 e. The van der Waals surface area contributed by atoms with Gasteiger partial charge in [0, 0.05) is 18.7 Å². The van der Waals surface area contributed by atoms with Crippen molar-refractivity contribution in [2.75, 3.05) is 32.3 Å². The Bertz CT molecular complexity index is 908. The van der Waals surface area contributed by atoms with Crippen LogP contribution >= 0.6 is 0 Å². The van der Waals surface area contributed by atoms with Crippen molar-refractivity contribution < 1.29 is 28.6 Å².